The van der Waals surface area contributed by atoms with Gasteiger partial charge in [0.15, 0.2) is 12.6 Å². The van der Waals surface area contributed by atoms with Gasteiger partial charge in [0.05, 0.1) is 56.8 Å². The molecular formula is C18H35N3O11. The molecule has 188 valence electrons. The minimum atomic E-state index is -1.43. The number of aliphatic hydroxyl groups is 6. The number of aliphatic hydroxyl groups excluding tert-OH is 6. The summed E-state index contributed by atoms with van der Waals surface area (Å²) in [5.41, 5.74) is 17.8. The lowest BCUT2D eigenvalue weighted by atomic mass is 9.95. The molecule has 0 aliphatic carbocycles. The largest absolute Gasteiger partial charge is 0.394 e. The highest BCUT2D eigenvalue weighted by Crippen LogP contribution is 2.30. The minimum Gasteiger partial charge on any atom is -0.394 e. The standard InChI is InChI=1S/C18H35N3O11/c19-7-5-28-9(3-23)15(13(7)26)31-18-12(21)14(27)16(10(4-24)30-18)32-17-11(20)8(25)1-6(2-22)29-17/h6-18,22-27H,1-5,19-21H2/t6-,7-,8+,9+,10+,11+,12+,13-,14-,15+,16+,17-,18-/m0/s1. The van der Waals surface area contributed by atoms with E-state index < -0.39 is 92.8 Å². The Kier molecular flexibility index (Phi) is 9.15. The molecule has 3 rings (SSSR count). The Morgan fingerprint density at radius 2 is 1.34 bits per heavy atom. The molecule has 0 saturated carbocycles. The van der Waals surface area contributed by atoms with Crippen LogP contribution in [-0.4, -0.2) is 137 Å². The highest BCUT2D eigenvalue weighted by molar-refractivity contribution is 4.97. The summed E-state index contributed by atoms with van der Waals surface area (Å²) in [4.78, 5) is 0. The lowest BCUT2D eigenvalue weighted by molar-refractivity contribution is -0.335. The highest BCUT2D eigenvalue weighted by Gasteiger charge is 2.50. The third kappa shape index (κ3) is 5.39. The van der Waals surface area contributed by atoms with Crippen molar-refractivity contribution < 1.29 is 54.3 Å². The van der Waals surface area contributed by atoms with Crippen LogP contribution in [0.3, 0.4) is 0 Å². The van der Waals surface area contributed by atoms with Gasteiger partial charge in [-0.15, -0.1) is 0 Å². The van der Waals surface area contributed by atoms with Gasteiger partial charge in [-0.3, -0.25) is 0 Å². The van der Waals surface area contributed by atoms with Gasteiger partial charge in [0.1, 0.15) is 36.6 Å². The van der Waals surface area contributed by atoms with Crippen molar-refractivity contribution in [1.29, 1.82) is 0 Å². The molecule has 3 fully saturated rings. The summed E-state index contributed by atoms with van der Waals surface area (Å²) >= 11 is 0. The molecule has 32 heavy (non-hydrogen) atoms. The van der Waals surface area contributed by atoms with Crippen LogP contribution in [-0.2, 0) is 23.7 Å². The molecule has 3 saturated heterocycles. The smallest absolute Gasteiger partial charge is 0.176 e. The molecule has 0 amide bonds. The van der Waals surface area contributed by atoms with E-state index in [1.165, 1.54) is 0 Å². The van der Waals surface area contributed by atoms with E-state index in [0.29, 0.717) is 0 Å². The Morgan fingerprint density at radius 3 is 1.94 bits per heavy atom. The zero-order chi connectivity index (χ0) is 23.6. The van der Waals surface area contributed by atoms with Crippen molar-refractivity contribution in [3.63, 3.8) is 0 Å². The van der Waals surface area contributed by atoms with Crippen molar-refractivity contribution in [3.05, 3.63) is 0 Å². The second-order valence-corrected chi connectivity index (χ2v) is 8.39. The molecule has 0 radical (unpaired) electrons. The molecule has 0 aromatic heterocycles. The number of nitrogens with two attached hydrogens (primary N) is 3. The van der Waals surface area contributed by atoms with Gasteiger partial charge in [0.2, 0.25) is 0 Å². The van der Waals surface area contributed by atoms with E-state index in [2.05, 4.69) is 0 Å². The third-order valence-electron chi connectivity index (χ3n) is 6.10. The van der Waals surface area contributed by atoms with Gasteiger partial charge in [0.25, 0.3) is 0 Å². The normalized spacial score (nSPS) is 50.3. The number of rotatable bonds is 7. The maximum Gasteiger partial charge on any atom is 0.176 e. The molecule has 0 spiro atoms. The molecule has 0 aromatic carbocycles. The monoisotopic (exact) mass is 469 g/mol. The Bertz CT molecular complexity index is 588. The summed E-state index contributed by atoms with van der Waals surface area (Å²) in [6.07, 6.45) is -11.1. The van der Waals surface area contributed by atoms with Gasteiger partial charge >= 0.3 is 0 Å². The molecule has 14 heteroatoms. The Balaban J connectivity index is 1.70. The number of ether oxygens (including phenoxy) is 5. The van der Waals surface area contributed by atoms with Gasteiger partial charge in [-0.05, 0) is 0 Å². The maximum absolute atomic E-state index is 10.8. The molecule has 0 aromatic rings. The Labute approximate surface area is 184 Å². The fourth-order valence-corrected chi connectivity index (χ4v) is 4.09. The Morgan fingerprint density at radius 1 is 0.750 bits per heavy atom. The molecule has 3 heterocycles. The van der Waals surface area contributed by atoms with Gasteiger partial charge in [-0.25, -0.2) is 0 Å². The van der Waals surface area contributed by atoms with Crippen LogP contribution in [0.4, 0.5) is 0 Å². The van der Waals surface area contributed by atoms with Crippen LogP contribution < -0.4 is 17.2 Å². The van der Waals surface area contributed by atoms with Crippen LogP contribution in [0.2, 0.25) is 0 Å². The summed E-state index contributed by atoms with van der Waals surface area (Å²) in [7, 11) is 0. The first-order valence-corrected chi connectivity index (χ1v) is 10.6. The van der Waals surface area contributed by atoms with E-state index in [-0.39, 0.29) is 19.6 Å². The SMILES string of the molecule is N[C@H]1[C@H](O[C@H]2[C@@H](O)[C@@H](N)CO[C@@H]2CO)O[C@H](CO)[C@@H](O[C@@H]2O[C@H](CO)C[C@@H](O)[C@H]2N)[C@H]1O. The molecule has 14 nitrogen and oxygen atoms in total. The predicted octanol–water partition coefficient (Wildman–Crippen LogP) is -5.96. The average molecular weight is 469 g/mol. The summed E-state index contributed by atoms with van der Waals surface area (Å²) in [6.45, 7) is -1.41. The highest BCUT2D eigenvalue weighted by atomic mass is 16.7. The van der Waals surface area contributed by atoms with Crippen LogP contribution in [0.5, 0.6) is 0 Å². The molecule has 3 aliphatic rings. The first-order valence-electron chi connectivity index (χ1n) is 10.6. The van der Waals surface area contributed by atoms with Crippen molar-refractivity contribution in [2.75, 3.05) is 26.4 Å². The zero-order valence-electron chi connectivity index (χ0n) is 17.5. The molecular weight excluding hydrogens is 434 g/mol. The van der Waals surface area contributed by atoms with E-state index in [9.17, 15) is 30.6 Å². The first kappa shape index (κ1) is 26.1. The lowest BCUT2D eigenvalue weighted by Crippen LogP contribution is -2.67. The van der Waals surface area contributed by atoms with Crippen LogP contribution in [0, 0.1) is 0 Å². The van der Waals surface area contributed by atoms with Crippen LogP contribution in [0.15, 0.2) is 0 Å². The van der Waals surface area contributed by atoms with Crippen molar-refractivity contribution in [3.8, 4) is 0 Å². The summed E-state index contributed by atoms with van der Waals surface area (Å²) in [5.74, 6) is 0. The van der Waals surface area contributed by atoms with Gasteiger partial charge < -0.3 is 71.5 Å². The molecule has 0 unspecified atom stereocenters. The average Bonchev–Trinajstić information content (AvgIpc) is 2.78. The Hall–Kier alpha value is -0.560. The van der Waals surface area contributed by atoms with Crippen molar-refractivity contribution in [2.45, 2.75) is 86.0 Å². The second kappa shape index (κ2) is 11.2. The van der Waals surface area contributed by atoms with E-state index in [1.54, 1.807) is 0 Å². The molecule has 13 atom stereocenters. The quantitative estimate of drug-likeness (QED) is 0.168. The number of hydrogen-bond acceptors (Lipinski definition) is 14. The lowest BCUT2D eigenvalue weighted by Gasteiger charge is -2.47. The van der Waals surface area contributed by atoms with E-state index >= 15 is 0 Å². The summed E-state index contributed by atoms with van der Waals surface area (Å²) in [5, 5.41) is 59.9. The van der Waals surface area contributed by atoms with E-state index in [1.807, 2.05) is 0 Å². The third-order valence-corrected chi connectivity index (χ3v) is 6.10. The fraction of sp³-hybridized carbons (Fsp3) is 1.00. The van der Waals surface area contributed by atoms with Gasteiger partial charge in [-0.2, -0.15) is 0 Å². The fourth-order valence-electron chi connectivity index (χ4n) is 4.09. The topological polar surface area (TPSA) is 246 Å². The van der Waals surface area contributed by atoms with Crippen LogP contribution >= 0.6 is 0 Å². The van der Waals surface area contributed by atoms with Crippen molar-refractivity contribution >= 4 is 0 Å². The van der Waals surface area contributed by atoms with E-state index in [0.717, 1.165) is 0 Å². The molecule has 12 N–H and O–H groups in total. The molecule has 3 aliphatic heterocycles. The minimum absolute atomic E-state index is 0.0178. The van der Waals surface area contributed by atoms with Gasteiger partial charge in [0, 0.05) is 6.42 Å². The number of hydrogen-bond donors (Lipinski definition) is 9. The first-order chi connectivity index (χ1) is 15.2. The molecule has 0 bridgehead atoms. The van der Waals surface area contributed by atoms with Crippen LogP contribution in [0.1, 0.15) is 6.42 Å². The maximum atomic E-state index is 10.8. The predicted molar refractivity (Wildman–Crippen MR) is 105 cm³/mol. The van der Waals surface area contributed by atoms with Crippen molar-refractivity contribution in [2.24, 2.45) is 17.2 Å². The van der Waals surface area contributed by atoms with Crippen molar-refractivity contribution in [1.82, 2.24) is 0 Å². The van der Waals surface area contributed by atoms with Gasteiger partial charge in [-0.1, -0.05) is 0 Å². The summed E-state index contributed by atoms with van der Waals surface area (Å²) < 4.78 is 28.0. The zero-order valence-corrected chi connectivity index (χ0v) is 17.5. The second-order valence-electron chi connectivity index (χ2n) is 8.39. The van der Waals surface area contributed by atoms with Crippen LogP contribution in [0.25, 0.3) is 0 Å². The summed E-state index contributed by atoms with van der Waals surface area (Å²) in [6, 6.07) is -2.95. The van der Waals surface area contributed by atoms with E-state index in [4.69, 9.17) is 40.9 Å².